The smallest absolute Gasteiger partial charge is 0.252 e. The zero-order valence-electron chi connectivity index (χ0n) is 12.2. The van der Waals surface area contributed by atoms with Gasteiger partial charge in [0, 0.05) is 24.0 Å². The fourth-order valence-corrected chi connectivity index (χ4v) is 5.50. The van der Waals surface area contributed by atoms with E-state index < -0.39 is 10.0 Å². The van der Waals surface area contributed by atoms with Gasteiger partial charge in [0.05, 0.1) is 13.2 Å². The number of ether oxygens (including phenoxy) is 1. The van der Waals surface area contributed by atoms with Gasteiger partial charge in [-0.1, -0.05) is 6.92 Å². The lowest BCUT2D eigenvalue weighted by Crippen LogP contribution is -2.46. The van der Waals surface area contributed by atoms with Crippen LogP contribution in [0.1, 0.15) is 24.3 Å². The van der Waals surface area contributed by atoms with Gasteiger partial charge in [0.1, 0.15) is 4.21 Å². The lowest BCUT2D eigenvalue weighted by Gasteiger charge is -2.31. The molecule has 1 fully saturated rings. The molecule has 20 heavy (non-hydrogen) atoms. The highest BCUT2D eigenvalue weighted by molar-refractivity contribution is 7.91. The molecular weight excluding hydrogens is 296 g/mol. The van der Waals surface area contributed by atoms with E-state index in [-0.39, 0.29) is 6.04 Å². The average Bonchev–Trinajstić information content (AvgIpc) is 2.79. The van der Waals surface area contributed by atoms with E-state index in [1.807, 2.05) is 20.8 Å². The number of aryl methyl sites for hydroxylation is 1. The maximum absolute atomic E-state index is 12.7. The van der Waals surface area contributed by atoms with Crippen molar-refractivity contribution >= 4 is 21.4 Å². The van der Waals surface area contributed by atoms with Gasteiger partial charge in [-0.15, -0.1) is 11.3 Å². The first-order valence-corrected chi connectivity index (χ1v) is 9.12. The molecule has 1 atom stereocenters. The summed E-state index contributed by atoms with van der Waals surface area (Å²) in [5, 5.41) is 3.24. The Kier molecular flexibility index (Phi) is 5.19. The SMILES string of the molecule is CCNCc1sc(S(=O)(=O)N2CCOCC2C)cc1C. The van der Waals surface area contributed by atoms with Crippen molar-refractivity contribution in [3.8, 4) is 0 Å². The Morgan fingerprint density at radius 2 is 2.30 bits per heavy atom. The van der Waals surface area contributed by atoms with E-state index in [1.54, 1.807) is 10.4 Å². The molecular formula is C13H22N2O3S2. The molecule has 1 aromatic rings. The minimum atomic E-state index is -3.39. The number of thiophene rings is 1. The summed E-state index contributed by atoms with van der Waals surface area (Å²) in [6.45, 7) is 8.85. The standard InChI is InChI=1S/C13H22N2O3S2/c1-4-14-8-12-10(2)7-13(19-12)20(16,17)15-5-6-18-9-11(15)3/h7,11,14H,4-6,8-9H2,1-3H3. The van der Waals surface area contributed by atoms with Gasteiger partial charge >= 0.3 is 0 Å². The van der Waals surface area contributed by atoms with Crippen LogP contribution in [0.25, 0.3) is 0 Å². The van der Waals surface area contributed by atoms with Gasteiger partial charge in [-0.3, -0.25) is 0 Å². The van der Waals surface area contributed by atoms with Crippen molar-refractivity contribution in [1.82, 2.24) is 9.62 Å². The van der Waals surface area contributed by atoms with Gasteiger partial charge in [-0.25, -0.2) is 8.42 Å². The van der Waals surface area contributed by atoms with E-state index in [0.29, 0.717) is 24.0 Å². The Labute approximate surface area is 125 Å². The maximum Gasteiger partial charge on any atom is 0.252 e. The summed E-state index contributed by atoms with van der Waals surface area (Å²) in [4.78, 5) is 1.09. The number of sulfonamides is 1. The molecule has 0 radical (unpaired) electrons. The third-order valence-corrected chi connectivity index (χ3v) is 7.10. The molecule has 0 aliphatic carbocycles. The molecule has 0 saturated carbocycles. The number of hydrogen-bond acceptors (Lipinski definition) is 5. The predicted octanol–water partition coefficient (Wildman–Crippen LogP) is 1.58. The molecule has 1 aromatic heterocycles. The highest BCUT2D eigenvalue weighted by Gasteiger charge is 2.32. The molecule has 1 saturated heterocycles. The van der Waals surface area contributed by atoms with Crippen LogP contribution in [0.2, 0.25) is 0 Å². The van der Waals surface area contributed by atoms with Gasteiger partial charge in [0.25, 0.3) is 10.0 Å². The molecule has 114 valence electrons. The molecule has 1 N–H and O–H groups in total. The van der Waals surface area contributed by atoms with Crippen LogP contribution in [0.15, 0.2) is 10.3 Å². The second-order valence-corrected chi connectivity index (χ2v) is 8.25. The van der Waals surface area contributed by atoms with E-state index in [1.165, 1.54) is 11.3 Å². The molecule has 1 aliphatic heterocycles. The summed E-state index contributed by atoms with van der Waals surface area (Å²) in [6, 6.07) is 1.68. The molecule has 1 unspecified atom stereocenters. The van der Waals surface area contributed by atoms with Gasteiger partial charge < -0.3 is 10.1 Å². The fourth-order valence-electron chi connectivity index (χ4n) is 2.21. The van der Waals surface area contributed by atoms with Gasteiger partial charge in [0.2, 0.25) is 0 Å². The van der Waals surface area contributed by atoms with E-state index in [0.717, 1.165) is 23.5 Å². The average molecular weight is 318 g/mol. The van der Waals surface area contributed by atoms with Gasteiger partial charge in [-0.2, -0.15) is 4.31 Å². The summed E-state index contributed by atoms with van der Waals surface area (Å²) in [7, 11) is -3.39. The van der Waals surface area contributed by atoms with Crippen molar-refractivity contribution in [3.05, 3.63) is 16.5 Å². The van der Waals surface area contributed by atoms with Crippen molar-refractivity contribution < 1.29 is 13.2 Å². The largest absolute Gasteiger partial charge is 0.378 e. The highest BCUT2D eigenvalue weighted by Crippen LogP contribution is 2.30. The molecule has 2 rings (SSSR count). The summed E-state index contributed by atoms with van der Waals surface area (Å²) >= 11 is 1.37. The second-order valence-electron chi connectivity index (χ2n) is 4.99. The van der Waals surface area contributed by atoms with Crippen LogP contribution in [0.4, 0.5) is 0 Å². The van der Waals surface area contributed by atoms with Crippen molar-refractivity contribution in [2.75, 3.05) is 26.3 Å². The van der Waals surface area contributed by atoms with Crippen molar-refractivity contribution in [1.29, 1.82) is 0 Å². The Morgan fingerprint density at radius 3 is 2.95 bits per heavy atom. The van der Waals surface area contributed by atoms with Crippen molar-refractivity contribution in [2.24, 2.45) is 0 Å². The molecule has 0 spiro atoms. The monoisotopic (exact) mass is 318 g/mol. The fraction of sp³-hybridized carbons (Fsp3) is 0.692. The topological polar surface area (TPSA) is 58.6 Å². The van der Waals surface area contributed by atoms with Crippen LogP contribution < -0.4 is 5.32 Å². The number of rotatable bonds is 5. The minimum absolute atomic E-state index is 0.103. The van der Waals surface area contributed by atoms with Crippen molar-refractivity contribution in [2.45, 2.75) is 37.6 Å². The first-order chi connectivity index (χ1) is 9.46. The highest BCUT2D eigenvalue weighted by atomic mass is 32.2. The number of morpholine rings is 1. The Balaban J connectivity index is 2.25. The van der Waals surface area contributed by atoms with Gasteiger partial charge in [0.15, 0.2) is 0 Å². The zero-order chi connectivity index (χ0) is 14.8. The summed E-state index contributed by atoms with van der Waals surface area (Å²) < 4.78 is 32.7. The van der Waals surface area contributed by atoms with E-state index in [2.05, 4.69) is 5.32 Å². The van der Waals surface area contributed by atoms with Crippen LogP contribution in [0.5, 0.6) is 0 Å². The van der Waals surface area contributed by atoms with Crippen molar-refractivity contribution in [3.63, 3.8) is 0 Å². The normalized spacial score (nSPS) is 21.2. The maximum atomic E-state index is 12.7. The van der Waals surface area contributed by atoms with E-state index in [9.17, 15) is 8.42 Å². The Morgan fingerprint density at radius 1 is 1.55 bits per heavy atom. The quantitative estimate of drug-likeness (QED) is 0.895. The minimum Gasteiger partial charge on any atom is -0.378 e. The molecule has 7 heteroatoms. The molecule has 5 nitrogen and oxygen atoms in total. The zero-order valence-corrected chi connectivity index (χ0v) is 13.8. The third-order valence-electron chi connectivity index (χ3n) is 3.40. The van der Waals surface area contributed by atoms with Crippen LogP contribution in [0.3, 0.4) is 0 Å². The lowest BCUT2D eigenvalue weighted by molar-refractivity contribution is 0.0393. The first kappa shape index (κ1) is 15.9. The number of nitrogens with zero attached hydrogens (tertiary/aromatic N) is 1. The lowest BCUT2D eigenvalue weighted by atomic mass is 10.3. The third kappa shape index (κ3) is 3.23. The van der Waals surface area contributed by atoms with E-state index >= 15 is 0 Å². The van der Waals surface area contributed by atoms with E-state index in [4.69, 9.17) is 4.74 Å². The number of hydrogen-bond donors (Lipinski definition) is 1. The Hall–Kier alpha value is -0.470. The molecule has 1 aliphatic rings. The van der Waals surface area contributed by atoms with Crippen LogP contribution in [-0.4, -0.2) is 45.1 Å². The molecule has 0 bridgehead atoms. The molecule has 0 aromatic carbocycles. The second kappa shape index (κ2) is 6.53. The molecule has 0 amide bonds. The first-order valence-electron chi connectivity index (χ1n) is 6.86. The summed E-state index contributed by atoms with van der Waals surface area (Å²) in [5.74, 6) is 0. The van der Waals surface area contributed by atoms with Crippen LogP contribution in [0, 0.1) is 6.92 Å². The van der Waals surface area contributed by atoms with Crippen LogP contribution in [-0.2, 0) is 21.3 Å². The summed E-state index contributed by atoms with van der Waals surface area (Å²) in [5.41, 5.74) is 1.04. The van der Waals surface area contributed by atoms with Gasteiger partial charge in [-0.05, 0) is 32.0 Å². The van der Waals surface area contributed by atoms with Crippen LogP contribution >= 0.6 is 11.3 Å². The summed E-state index contributed by atoms with van der Waals surface area (Å²) in [6.07, 6.45) is 0. The Bertz CT molecular complexity index is 554. The number of nitrogens with one attached hydrogen (secondary N) is 1. The predicted molar refractivity (Wildman–Crippen MR) is 80.6 cm³/mol. The molecule has 2 heterocycles.